The van der Waals surface area contributed by atoms with Crippen molar-refractivity contribution in [2.75, 3.05) is 0 Å². The summed E-state index contributed by atoms with van der Waals surface area (Å²) < 4.78 is 20.2. The third-order valence-corrected chi connectivity index (χ3v) is 5.57. The first-order chi connectivity index (χ1) is 10.5. The maximum atomic E-state index is 14.8. The zero-order valence-corrected chi connectivity index (χ0v) is 12.7. The van der Waals surface area contributed by atoms with Gasteiger partial charge in [0.25, 0.3) is 0 Å². The van der Waals surface area contributed by atoms with Gasteiger partial charge >= 0.3 is 6.09 Å². The molecule has 0 spiro atoms. The molecule has 1 amide bonds. The van der Waals surface area contributed by atoms with Crippen molar-refractivity contribution in [3.05, 3.63) is 35.9 Å². The van der Waals surface area contributed by atoms with Crippen LogP contribution in [-0.2, 0) is 11.3 Å². The molecule has 4 atom stereocenters. The molecule has 0 heterocycles. The molecule has 2 unspecified atom stereocenters. The molecule has 3 nitrogen and oxygen atoms in total. The Morgan fingerprint density at radius 2 is 1.86 bits per heavy atom. The van der Waals surface area contributed by atoms with Gasteiger partial charge in [0.15, 0.2) is 0 Å². The molecule has 0 radical (unpaired) electrons. The quantitative estimate of drug-likeness (QED) is 0.917. The molecule has 1 aromatic rings. The van der Waals surface area contributed by atoms with Crippen molar-refractivity contribution in [2.24, 2.45) is 11.8 Å². The Hall–Kier alpha value is -1.58. The summed E-state index contributed by atoms with van der Waals surface area (Å²) in [5.74, 6) is 0.862. The molecular weight excluding hydrogens is 281 g/mol. The third kappa shape index (κ3) is 2.59. The van der Waals surface area contributed by atoms with Gasteiger partial charge in [-0.05, 0) is 49.5 Å². The fourth-order valence-electron chi connectivity index (χ4n) is 5.27. The molecule has 4 bridgehead atoms. The Morgan fingerprint density at radius 1 is 1.18 bits per heavy atom. The first kappa shape index (κ1) is 14.0. The van der Waals surface area contributed by atoms with Crippen LogP contribution in [0.15, 0.2) is 30.3 Å². The van der Waals surface area contributed by atoms with Crippen LogP contribution in [0.1, 0.15) is 44.1 Å². The molecule has 4 fully saturated rings. The molecule has 0 saturated heterocycles. The van der Waals surface area contributed by atoms with Crippen LogP contribution < -0.4 is 5.32 Å². The number of alkyl halides is 1. The number of ether oxygens (including phenoxy) is 1. The second-order valence-corrected chi connectivity index (χ2v) is 7.58. The monoisotopic (exact) mass is 303 g/mol. The van der Waals surface area contributed by atoms with E-state index in [0.29, 0.717) is 31.1 Å². The summed E-state index contributed by atoms with van der Waals surface area (Å²) in [5.41, 5.74) is -0.464. The van der Waals surface area contributed by atoms with Gasteiger partial charge in [-0.1, -0.05) is 30.3 Å². The van der Waals surface area contributed by atoms with Crippen LogP contribution in [0.5, 0.6) is 0 Å². The Labute approximate surface area is 130 Å². The predicted octanol–water partition coefficient (Wildman–Crippen LogP) is 3.97. The zero-order chi connectivity index (χ0) is 15.2. The number of hydrogen-bond acceptors (Lipinski definition) is 2. The van der Waals surface area contributed by atoms with Gasteiger partial charge in [0.05, 0.1) is 0 Å². The highest BCUT2D eigenvalue weighted by molar-refractivity contribution is 5.68. The summed E-state index contributed by atoms with van der Waals surface area (Å²) in [4.78, 5) is 12.1. The van der Waals surface area contributed by atoms with E-state index in [1.54, 1.807) is 0 Å². The van der Waals surface area contributed by atoms with E-state index in [4.69, 9.17) is 4.74 Å². The molecular formula is C18H22FNO2. The van der Waals surface area contributed by atoms with E-state index in [0.717, 1.165) is 24.8 Å². The molecule has 0 aliphatic heterocycles. The van der Waals surface area contributed by atoms with Gasteiger partial charge in [0.1, 0.15) is 12.3 Å². The molecule has 22 heavy (non-hydrogen) atoms. The van der Waals surface area contributed by atoms with Crippen molar-refractivity contribution in [2.45, 2.75) is 56.3 Å². The molecule has 4 saturated carbocycles. The van der Waals surface area contributed by atoms with Crippen LogP contribution in [0.4, 0.5) is 9.18 Å². The highest BCUT2D eigenvalue weighted by Gasteiger charge is 2.59. The lowest BCUT2D eigenvalue weighted by molar-refractivity contribution is -0.0953. The molecule has 1 aromatic carbocycles. The number of carbonyl (C=O) groups excluding carboxylic acids is 1. The number of rotatable bonds is 3. The summed E-state index contributed by atoms with van der Waals surface area (Å²) in [6.45, 7) is 0.260. The van der Waals surface area contributed by atoms with E-state index in [9.17, 15) is 9.18 Å². The number of halogens is 1. The minimum atomic E-state index is -1.06. The van der Waals surface area contributed by atoms with Gasteiger partial charge < -0.3 is 10.1 Å². The SMILES string of the molecule is O=C(NC12C[C@@H]3C[C@@H](CC(F)(C3)C1)C2)OCc1ccccc1. The van der Waals surface area contributed by atoms with Crippen LogP contribution in [0.3, 0.4) is 0 Å². The second kappa shape index (κ2) is 4.97. The third-order valence-electron chi connectivity index (χ3n) is 5.57. The Balaban J connectivity index is 1.39. The first-order valence-electron chi connectivity index (χ1n) is 8.22. The molecule has 4 aliphatic carbocycles. The average Bonchev–Trinajstić information content (AvgIpc) is 2.43. The predicted molar refractivity (Wildman–Crippen MR) is 81.0 cm³/mol. The number of benzene rings is 1. The van der Waals surface area contributed by atoms with E-state index in [-0.39, 0.29) is 12.1 Å². The van der Waals surface area contributed by atoms with Crippen molar-refractivity contribution in [3.8, 4) is 0 Å². The summed E-state index contributed by atoms with van der Waals surface area (Å²) in [6.07, 6.45) is 4.39. The highest BCUT2D eigenvalue weighted by Crippen LogP contribution is 2.59. The minimum Gasteiger partial charge on any atom is -0.445 e. The maximum Gasteiger partial charge on any atom is 0.407 e. The van der Waals surface area contributed by atoms with Crippen molar-refractivity contribution >= 4 is 6.09 Å². The van der Waals surface area contributed by atoms with Gasteiger partial charge in [-0.25, -0.2) is 9.18 Å². The van der Waals surface area contributed by atoms with E-state index >= 15 is 0 Å². The van der Waals surface area contributed by atoms with Crippen LogP contribution in [0.25, 0.3) is 0 Å². The summed E-state index contributed by atoms with van der Waals surface area (Å²) >= 11 is 0. The Morgan fingerprint density at radius 3 is 2.50 bits per heavy atom. The number of carbonyl (C=O) groups is 1. The van der Waals surface area contributed by atoms with Crippen molar-refractivity contribution < 1.29 is 13.9 Å². The van der Waals surface area contributed by atoms with E-state index < -0.39 is 11.8 Å². The van der Waals surface area contributed by atoms with Crippen LogP contribution in [-0.4, -0.2) is 17.3 Å². The molecule has 0 aromatic heterocycles. The molecule has 4 heteroatoms. The standard InChI is InChI=1S/C18H22FNO2/c19-17-7-14-6-15(8-17)10-18(9-14,12-17)20-16(21)22-11-13-4-2-1-3-5-13/h1-5,14-15H,6-12H2,(H,20,21)/t14-,15+,17?,18?. The molecule has 4 aliphatic rings. The molecule has 1 N–H and O–H groups in total. The van der Waals surface area contributed by atoms with Gasteiger partial charge in [-0.3, -0.25) is 0 Å². The number of hydrogen-bond donors (Lipinski definition) is 1. The summed E-state index contributed by atoms with van der Waals surface area (Å²) in [7, 11) is 0. The minimum absolute atomic E-state index is 0.260. The first-order valence-corrected chi connectivity index (χ1v) is 8.22. The number of amides is 1. The fourth-order valence-corrected chi connectivity index (χ4v) is 5.27. The number of nitrogens with one attached hydrogen (secondary N) is 1. The van der Waals surface area contributed by atoms with Gasteiger partial charge in [-0.2, -0.15) is 0 Å². The lowest BCUT2D eigenvalue weighted by atomic mass is 9.52. The normalized spacial score (nSPS) is 38.8. The Bertz CT molecular complexity index is 560. The zero-order valence-electron chi connectivity index (χ0n) is 12.7. The summed E-state index contributed by atoms with van der Waals surface area (Å²) in [5, 5.41) is 3.02. The van der Waals surface area contributed by atoms with Gasteiger partial charge in [0.2, 0.25) is 0 Å². The van der Waals surface area contributed by atoms with Crippen molar-refractivity contribution in [3.63, 3.8) is 0 Å². The van der Waals surface area contributed by atoms with E-state index in [1.807, 2.05) is 30.3 Å². The maximum absolute atomic E-state index is 14.8. The molecule has 118 valence electrons. The van der Waals surface area contributed by atoms with Crippen molar-refractivity contribution in [1.29, 1.82) is 0 Å². The lowest BCUT2D eigenvalue weighted by Crippen LogP contribution is -2.64. The average molecular weight is 303 g/mol. The van der Waals surface area contributed by atoms with Gasteiger partial charge in [-0.15, -0.1) is 0 Å². The highest BCUT2D eigenvalue weighted by atomic mass is 19.1. The number of alkyl carbamates (subject to hydrolysis) is 1. The van der Waals surface area contributed by atoms with Crippen LogP contribution in [0, 0.1) is 11.8 Å². The smallest absolute Gasteiger partial charge is 0.407 e. The van der Waals surface area contributed by atoms with E-state index in [1.165, 1.54) is 0 Å². The largest absolute Gasteiger partial charge is 0.445 e. The fraction of sp³-hybridized carbons (Fsp3) is 0.611. The summed E-state index contributed by atoms with van der Waals surface area (Å²) in [6, 6.07) is 9.62. The van der Waals surface area contributed by atoms with Gasteiger partial charge in [0, 0.05) is 12.0 Å². The van der Waals surface area contributed by atoms with Crippen molar-refractivity contribution in [1.82, 2.24) is 5.32 Å². The van der Waals surface area contributed by atoms with Crippen LogP contribution in [0.2, 0.25) is 0 Å². The molecule has 5 rings (SSSR count). The topological polar surface area (TPSA) is 38.3 Å². The Kier molecular flexibility index (Phi) is 3.17. The second-order valence-electron chi connectivity index (χ2n) is 7.58. The lowest BCUT2D eigenvalue weighted by Gasteiger charge is -2.58. The van der Waals surface area contributed by atoms with Crippen LogP contribution >= 0.6 is 0 Å². The van der Waals surface area contributed by atoms with E-state index in [2.05, 4.69) is 5.32 Å².